The van der Waals surface area contributed by atoms with Crippen LogP contribution in [0.5, 0.6) is 5.75 Å². The number of carbonyl (C=O) groups excluding carboxylic acids is 2. The van der Waals surface area contributed by atoms with E-state index in [9.17, 15) is 9.59 Å². The molecular weight excluding hydrogens is 340 g/mol. The molecule has 2 aromatic rings. The summed E-state index contributed by atoms with van der Waals surface area (Å²) in [6, 6.07) is 14.7. The molecule has 5 heteroatoms. The molecule has 0 unspecified atom stereocenters. The van der Waals surface area contributed by atoms with Gasteiger partial charge in [0.2, 0.25) is 5.91 Å². The molecule has 1 amide bonds. The van der Waals surface area contributed by atoms with Gasteiger partial charge in [0.25, 0.3) is 0 Å². The van der Waals surface area contributed by atoms with E-state index < -0.39 is 0 Å². The largest absolute Gasteiger partial charge is 0.492 e. The third-order valence-corrected chi connectivity index (χ3v) is 4.02. The Kier molecular flexibility index (Phi) is 8.01. The van der Waals surface area contributed by atoms with Crippen LogP contribution in [0.3, 0.4) is 0 Å². The molecule has 0 bridgehead atoms. The molecule has 5 nitrogen and oxygen atoms in total. The molecule has 0 aliphatic heterocycles. The molecule has 3 N–H and O–H groups in total. The van der Waals surface area contributed by atoms with Gasteiger partial charge in [-0.05, 0) is 42.2 Å². The Morgan fingerprint density at radius 1 is 1.00 bits per heavy atom. The SMILES string of the molecule is CC(C)Cc1ccc(C(=O)CCC(=O)Nc2ccc(OCCN)cc2)cc1. The van der Waals surface area contributed by atoms with Crippen molar-refractivity contribution in [1.29, 1.82) is 0 Å². The molecule has 2 rings (SSSR count). The molecule has 0 radical (unpaired) electrons. The fourth-order valence-electron chi connectivity index (χ4n) is 2.70. The average Bonchev–Trinajstić information content (AvgIpc) is 2.65. The monoisotopic (exact) mass is 368 g/mol. The van der Waals surface area contributed by atoms with Gasteiger partial charge in [0.05, 0.1) is 0 Å². The molecule has 0 fully saturated rings. The van der Waals surface area contributed by atoms with Crippen LogP contribution in [-0.2, 0) is 11.2 Å². The second-order valence-corrected chi connectivity index (χ2v) is 6.93. The number of benzene rings is 2. The van der Waals surface area contributed by atoms with Crippen molar-refractivity contribution in [1.82, 2.24) is 0 Å². The highest BCUT2D eigenvalue weighted by Gasteiger charge is 2.10. The summed E-state index contributed by atoms with van der Waals surface area (Å²) in [5, 5.41) is 2.79. The van der Waals surface area contributed by atoms with Crippen molar-refractivity contribution in [2.24, 2.45) is 11.7 Å². The summed E-state index contributed by atoms with van der Waals surface area (Å²) in [5.74, 6) is 1.08. The van der Waals surface area contributed by atoms with E-state index in [1.54, 1.807) is 24.3 Å². The lowest BCUT2D eigenvalue weighted by molar-refractivity contribution is -0.116. The number of nitrogens with one attached hydrogen (secondary N) is 1. The topological polar surface area (TPSA) is 81.4 Å². The maximum atomic E-state index is 12.3. The first-order chi connectivity index (χ1) is 13.0. The first-order valence-corrected chi connectivity index (χ1v) is 9.33. The van der Waals surface area contributed by atoms with Gasteiger partial charge in [0.15, 0.2) is 5.78 Å². The summed E-state index contributed by atoms with van der Waals surface area (Å²) in [4.78, 5) is 24.3. The molecule has 0 spiro atoms. The minimum absolute atomic E-state index is 0.0215. The zero-order valence-electron chi connectivity index (χ0n) is 16.0. The van der Waals surface area contributed by atoms with Gasteiger partial charge in [0.1, 0.15) is 12.4 Å². The van der Waals surface area contributed by atoms with Crippen LogP contribution in [0.4, 0.5) is 5.69 Å². The summed E-state index contributed by atoms with van der Waals surface area (Å²) in [7, 11) is 0. The third-order valence-electron chi connectivity index (χ3n) is 4.02. The second-order valence-electron chi connectivity index (χ2n) is 6.93. The maximum Gasteiger partial charge on any atom is 0.224 e. The normalized spacial score (nSPS) is 10.7. The number of carbonyl (C=O) groups is 2. The van der Waals surface area contributed by atoms with Crippen molar-refractivity contribution in [2.45, 2.75) is 33.1 Å². The van der Waals surface area contributed by atoms with Crippen LogP contribution in [0.2, 0.25) is 0 Å². The van der Waals surface area contributed by atoms with Crippen molar-refractivity contribution in [3.8, 4) is 5.75 Å². The summed E-state index contributed by atoms with van der Waals surface area (Å²) < 4.78 is 5.39. The molecule has 144 valence electrons. The lowest BCUT2D eigenvalue weighted by atomic mass is 9.99. The van der Waals surface area contributed by atoms with Gasteiger partial charge in [-0.15, -0.1) is 0 Å². The van der Waals surface area contributed by atoms with Crippen LogP contribution >= 0.6 is 0 Å². The van der Waals surface area contributed by atoms with Crippen LogP contribution < -0.4 is 15.8 Å². The van der Waals surface area contributed by atoms with E-state index >= 15 is 0 Å². The highest BCUT2D eigenvalue weighted by molar-refractivity contribution is 6.00. The van der Waals surface area contributed by atoms with E-state index in [-0.39, 0.29) is 24.5 Å². The van der Waals surface area contributed by atoms with Gasteiger partial charge < -0.3 is 15.8 Å². The Morgan fingerprint density at radius 2 is 1.67 bits per heavy atom. The number of rotatable bonds is 10. The number of nitrogens with two attached hydrogens (primary N) is 1. The van der Waals surface area contributed by atoms with Crippen molar-refractivity contribution in [2.75, 3.05) is 18.5 Å². The zero-order chi connectivity index (χ0) is 19.6. The number of anilines is 1. The Morgan fingerprint density at radius 3 is 2.26 bits per heavy atom. The molecule has 0 aromatic heterocycles. The zero-order valence-corrected chi connectivity index (χ0v) is 16.0. The molecular formula is C22H28N2O3. The van der Waals surface area contributed by atoms with Gasteiger partial charge in [-0.2, -0.15) is 0 Å². The fourth-order valence-corrected chi connectivity index (χ4v) is 2.70. The third kappa shape index (κ3) is 7.23. The molecule has 27 heavy (non-hydrogen) atoms. The van der Waals surface area contributed by atoms with Crippen molar-refractivity contribution < 1.29 is 14.3 Å². The standard InChI is InChI=1S/C22H28N2O3/c1-16(2)15-17-3-5-18(6-4-17)21(25)11-12-22(26)24-19-7-9-20(10-8-19)27-14-13-23/h3-10,16H,11-15,23H2,1-2H3,(H,24,26). The van der Waals surface area contributed by atoms with Crippen molar-refractivity contribution >= 4 is 17.4 Å². The van der Waals surface area contributed by atoms with Gasteiger partial charge in [-0.3, -0.25) is 9.59 Å². The first kappa shape index (κ1) is 20.6. The summed E-state index contributed by atoms with van der Waals surface area (Å²) in [5.41, 5.74) is 7.93. The minimum Gasteiger partial charge on any atom is -0.492 e. The molecule has 0 saturated heterocycles. The Bertz CT molecular complexity index is 737. The van der Waals surface area contributed by atoms with E-state index in [1.807, 2.05) is 24.3 Å². The number of ketones is 1. The predicted octanol–water partition coefficient (Wildman–Crippen LogP) is 3.82. The Balaban J connectivity index is 1.79. The van der Waals surface area contributed by atoms with Gasteiger partial charge >= 0.3 is 0 Å². The first-order valence-electron chi connectivity index (χ1n) is 9.33. The summed E-state index contributed by atoms with van der Waals surface area (Å²) >= 11 is 0. The molecule has 0 saturated carbocycles. The van der Waals surface area contributed by atoms with E-state index in [2.05, 4.69) is 19.2 Å². The van der Waals surface area contributed by atoms with Gasteiger partial charge in [-0.1, -0.05) is 38.1 Å². The maximum absolute atomic E-state index is 12.3. The van der Waals surface area contributed by atoms with Crippen LogP contribution in [0, 0.1) is 5.92 Å². The molecule has 0 aliphatic rings. The molecule has 2 aromatic carbocycles. The lowest BCUT2D eigenvalue weighted by Crippen LogP contribution is -2.13. The number of hydrogen-bond donors (Lipinski definition) is 2. The van der Waals surface area contributed by atoms with Crippen molar-refractivity contribution in [3.63, 3.8) is 0 Å². The average molecular weight is 368 g/mol. The Labute approximate surface area is 160 Å². The van der Waals surface area contributed by atoms with E-state index in [4.69, 9.17) is 10.5 Å². The van der Waals surface area contributed by atoms with Crippen molar-refractivity contribution in [3.05, 3.63) is 59.7 Å². The number of ether oxygens (including phenoxy) is 1. The molecule has 0 aliphatic carbocycles. The highest BCUT2D eigenvalue weighted by atomic mass is 16.5. The number of Topliss-reactive ketones (excluding diaryl/α,β-unsaturated/α-hetero) is 1. The highest BCUT2D eigenvalue weighted by Crippen LogP contribution is 2.16. The number of hydrogen-bond acceptors (Lipinski definition) is 4. The van der Waals surface area contributed by atoms with Gasteiger partial charge in [-0.25, -0.2) is 0 Å². The van der Waals surface area contributed by atoms with Crippen LogP contribution in [0.15, 0.2) is 48.5 Å². The predicted molar refractivity (Wildman–Crippen MR) is 108 cm³/mol. The van der Waals surface area contributed by atoms with E-state index in [0.29, 0.717) is 36.1 Å². The van der Waals surface area contributed by atoms with E-state index in [0.717, 1.165) is 6.42 Å². The molecule has 0 heterocycles. The quantitative estimate of drug-likeness (QED) is 0.625. The van der Waals surface area contributed by atoms with Crippen LogP contribution in [-0.4, -0.2) is 24.8 Å². The summed E-state index contributed by atoms with van der Waals surface area (Å²) in [6.45, 7) is 5.23. The smallest absolute Gasteiger partial charge is 0.224 e. The van der Waals surface area contributed by atoms with Crippen LogP contribution in [0.25, 0.3) is 0 Å². The fraction of sp³-hybridized carbons (Fsp3) is 0.364. The van der Waals surface area contributed by atoms with E-state index in [1.165, 1.54) is 5.56 Å². The second kappa shape index (κ2) is 10.5. The van der Waals surface area contributed by atoms with Gasteiger partial charge in [0, 0.05) is 30.6 Å². The summed E-state index contributed by atoms with van der Waals surface area (Å²) in [6.07, 6.45) is 1.33. The molecule has 0 atom stereocenters. The Hall–Kier alpha value is -2.66. The van der Waals surface area contributed by atoms with Crippen LogP contribution in [0.1, 0.15) is 42.6 Å². The lowest BCUT2D eigenvalue weighted by Gasteiger charge is -2.08. The minimum atomic E-state index is -0.185. The number of amides is 1.